The van der Waals surface area contributed by atoms with E-state index in [4.69, 9.17) is 4.99 Å². The van der Waals surface area contributed by atoms with E-state index in [0.717, 1.165) is 38.6 Å². The van der Waals surface area contributed by atoms with Gasteiger partial charge in [0.05, 0.1) is 6.54 Å². The Bertz CT molecular complexity index is 520. The largest absolute Gasteiger partial charge is 0.357 e. The number of thioether (sulfide) groups is 1. The molecule has 140 valence electrons. The van der Waals surface area contributed by atoms with E-state index in [1.165, 1.54) is 12.0 Å². The van der Waals surface area contributed by atoms with Crippen molar-refractivity contribution in [3.8, 4) is 0 Å². The zero-order chi connectivity index (χ0) is 18.1. The summed E-state index contributed by atoms with van der Waals surface area (Å²) in [7, 11) is 0. The molecule has 1 saturated heterocycles. The second-order valence-electron chi connectivity index (χ2n) is 6.94. The summed E-state index contributed by atoms with van der Waals surface area (Å²) in [6, 6.07) is 11.9. The van der Waals surface area contributed by atoms with Crippen molar-refractivity contribution in [3.05, 3.63) is 35.9 Å². The van der Waals surface area contributed by atoms with Crippen molar-refractivity contribution in [2.24, 2.45) is 4.99 Å². The molecule has 1 fully saturated rings. The highest BCUT2D eigenvalue weighted by atomic mass is 32.2. The van der Waals surface area contributed by atoms with E-state index in [1.807, 2.05) is 11.8 Å². The topological polar surface area (TPSA) is 39.7 Å². The van der Waals surface area contributed by atoms with Gasteiger partial charge in [0.25, 0.3) is 0 Å². The van der Waals surface area contributed by atoms with E-state index in [2.05, 4.69) is 72.9 Å². The summed E-state index contributed by atoms with van der Waals surface area (Å²) in [6.07, 6.45) is 4.47. The molecule has 1 aromatic rings. The summed E-state index contributed by atoms with van der Waals surface area (Å²) in [4.78, 5) is 7.34. The van der Waals surface area contributed by atoms with E-state index in [9.17, 15) is 0 Å². The van der Waals surface area contributed by atoms with Crippen LogP contribution in [0.15, 0.2) is 35.3 Å². The van der Waals surface area contributed by atoms with Crippen molar-refractivity contribution in [2.45, 2.75) is 57.5 Å². The predicted molar refractivity (Wildman–Crippen MR) is 111 cm³/mol. The van der Waals surface area contributed by atoms with E-state index < -0.39 is 0 Å². The summed E-state index contributed by atoms with van der Waals surface area (Å²) in [5.74, 6) is 0.970. The number of piperidine rings is 1. The molecule has 1 aliphatic heterocycles. The molecule has 0 amide bonds. The third-order valence-electron chi connectivity index (χ3n) is 4.84. The molecule has 0 spiro atoms. The van der Waals surface area contributed by atoms with Crippen LogP contribution >= 0.6 is 11.8 Å². The van der Waals surface area contributed by atoms with Gasteiger partial charge in [0.2, 0.25) is 0 Å². The van der Waals surface area contributed by atoms with Crippen LogP contribution in [0.4, 0.5) is 0 Å². The lowest BCUT2D eigenvalue weighted by atomic mass is 9.97. The van der Waals surface area contributed by atoms with Gasteiger partial charge in [-0.1, -0.05) is 37.3 Å². The minimum atomic E-state index is 0.504. The first-order valence-corrected chi connectivity index (χ1v) is 10.8. The first kappa shape index (κ1) is 20.1. The third kappa shape index (κ3) is 6.90. The fourth-order valence-electron chi connectivity index (χ4n) is 3.21. The molecule has 1 heterocycles. The van der Waals surface area contributed by atoms with Crippen LogP contribution in [0.1, 0.15) is 39.2 Å². The molecule has 5 heteroatoms. The van der Waals surface area contributed by atoms with Gasteiger partial charge in [-0.25, -0.2) is 0 Å². The number of nitrogens with one attached hydrogen (secondary N) is 2. The van der Waals surface area contributed by atoms with Crippen molar-refractivity contribution in [1.29, 1.82) is 0 Å². The molecule has 0 aliphatic carbocycles. The summed E-state index contributed by atoms with van der Waals surface area (Å²) < 4.78 is 0. The summed E-state index contributed by atoms with van der Waals surface area (Å²) >= 11 is 1.86. The minimum Gasteiger partial charge on any atom is -0.357 e. The van der Waals surface area contributed by atoms with E-state index in [1.54, 1.807) is 0 Å². The Labute approximate surface area is 157 Å². The van der Waals surface area contributed by atoms with Gasteiger partial charge >= 0.3 is 0 Å². The molecule has 25 heavy (non-hydrogen) atoms. The Morgan fingerprint density at radius 1 is 1.36 bits per heavy atom. The first-order chi connectivity index (χ1) is 12.1. The van der Waals surface area contributed by atoms with Crippen LogP contribution in [0.25, 0.3) is 0 Å². The maximum Gasteiger partial charge on any atom is 0.191 e. The lowest BCUT2D eigenvalue weighted by Crippen LogP contribution is -2.51. The van der Waals surface area contributed by atoms with Crippen LogP contribution in [0.5, 0.6) is 0 Å². The molecule has 0 radical (unpaired) electrons. The number of hydrogen-bond donors (Lipinski definition) is 2. The van der Waals surface area contributed by atoms with Gasteiger partial charge in [0, 0.05) is 37.0 Å². The van der Waals surface area contributed by atoms with Gasteiger partial charge in [-0.3, -0.25) is 9.89 Å². The van der Waals surface area contributed by atoms with Gasteiger partial charge in [0.15, 0.2) is 5.96 Å². The molecule has 2 rings (SSSR count). The van der Waals surface area contributed by atoms with Gasteiger partial charge in [-0.2, -0.15) is 11.8 Å². The van der Waals surface area contributed by atoms with E-state index in [0.29, 0.717) is 17.3 Å². The zero-order valence-corrected chi connectivity index (χ0v) is 17.0. The number of nitrogens with zero attached hydrogens (tertiary/aromatic N) is 2. The fourth-order valence-corrected chi connectivity index (χ4v) is 3.44. The minimum absolute atomic E-state index is 0.504. The maximum absolute atomic E-state index is 4.75. The summed E-state index contributed by atoms with van der Waals surface area (Å²) in [5, 5.41) is 7.60. The van der Waals surface area contributed by atoms with Crippen molar-refractivity contribution in [2.75, 3.05) is 25.9 Å². The average Bonchev–Trinajstić information content (AvgIpc) is 2.62. The van der Waals surface area contributed by atoms with E-state index >= 15 is 0 Å². The number of rotatable bonds is 7. The van der Waals surface area contributed by atoms with Gasteiger partial charge in [-0.15, -0.1) is 0 Å². The number of likely N-dealkylation sites (tertiary alicyclic amines) is 1. The lowest BCUT2D eigenvalue weighted by Gasteiger charge is -2.38. The summed E-state index contributed by atoms with van der Waals surface area (Å²) in [5.41, 5.74) is 1.40. The molecule has 0 bridgehead atoms. The molecule has 3 atom stereocenters. The van der Waals surface area contributed by atoms with Crippen LogP contribution in [-0.4, -0.2) is 54.1 Å². The number of guanidine groups is 1. The number of hydrogen-bond acceptors (Lipinski definition) is 3. The smallest absolute Gasteiger partial charge is 0.191 e. The van der Waals surface area contributed by atoms with Crippen LogP contribution in [0.2, 0.25) is 0 Å². The van der Waals surface area contributed by atoms with Gasteiger partial charge in [-0.05, 0) is 38.5 Å². The fraction of sp³-hybridized carbons (Fsp3) is 0.650. The average molecular weight is 363 g/mol. The Balaban J connectivity index is 1.85. The number of aliphatic imine (C=N–C) groups is 1. The first-order valence-electron chi connectivity index (χ1n) is 9.48. The number of benzene rings is 1. The SMILES string of the molecule is CCNC(=NCC(C)SC)NC1CCN(Cc2ccccc2)C(C)C1. The lowest BCUT2D eigenvalue weighted by molar-refractivity contribution is 0.134. The Kier molecular flexibility index (Phi) is 8.62. The predicted octanol–water partition coefficient (Wildman–Crippen LogP) is 3.35. The Hall–Kier alpha value is -1.20. The van der Waals surface area contributed by atoms with Crippen molar-refractivity contribution in [3.63, 3.8) is 0 Å². The molecule has 1 aliphatic rings. The summed E-state index contributed by atoms with van der Waals surface area (Å²) in [6.45, 7) is 10.6. The van der Waals surface area contributed by atoms with Crippen LogP contribution in [0, 0.1) is 0 Å². The van der Waals surface area contributed by atoms with Crippen LogP contribution in [0.3, 0.4) is 0 Å². The highest BCUT2D eigenvalue weighted by Gasteiger charge is 2.25. The highest BCUT2D eigenvalue weighted by molar-refractivity contribution is 7.99. The normalized spacial score (nSPS) is 23.3. The molecule has 0 aromatic heterocycles. The second kappa shape index (κ2) is 10.7. The molecule has 1 aromatic carbocycles. The third-order valence-corrected chi connectivity index (χ3v) is 5.79. The monoisotopic (exact) mass is 362 g/mol. The van der Waals surface area contributed by atoms with Crippen LogP contribution < -0.4 is 10.6 Å². The Morgan fingerprint density at radius 3 is 2.76 bits per heavy atom. The quantitative estimate of drug-likeness (QED) is 0.576. The van der Waals surface area contributed by atoms with E-state index in [-0.39, 0.29) is 0 Å². The van der Waals surface area contributed by atoms with Crippen molar-refractivity contribution < 1.29 is 0 Å². The molecule has 0 saturated carbocycles. The molecule has 3 unspecified atom stereocenters. The zero-order valence-electron chi connectivity index (χ0n) is 16.2. The second-order valence-corrected chi connectivity index (χ2v) is 8.21. The van der Waals surface area contributed by atoms with Gasteiger partial charge in [0.1, 0.15) is 0 Å². The van der Waals surface area contributed by atoms with Crippen molar-refractivity contribution >= 4 is 17.7 Å². The van der Waals surface area contributed by atoms with Gasteiger partial charge < -0.3 is 10.6 Å². The van der Waals surface area contributed by atoms with Crippen LogP contribution in [-0.2, 0) is 6.54 Å². The molecule has 4 nitrogen and oxygen atoms in total. The van der Waals surface area contributed by atoms with Crippen molar-refractivity contribution in [1.82, 2.24) is 15.5 Å². The Morgan fingerprint density at radius 2 is 2.12 bits per heavy atom. The highest BCUT2D eigenvalue weighted by Crippen LogP contribution is 2.20. The molecular formula is C20H34N4S. The standard InChI is InChI=1S/C20H34N4S/c1-5-21-20(22-14-17(3)25-4)23-19-11-12-24(16(2)13-19)15-18-9-7-6-8-10-18/h6-10,16-17,19H,5,11-15H2,1-4H3,(H2,21,22,23). The molecular weight excluding hydrogens is 328 g/mol. The molecule has 2 N–H and O–H groups in total. The maximum atomic E-state index is 4.75.